The summed E-state index contributed by atoms with van der Waals surface area (Å²) in [6, 6.07) is 0. The third-order valence-electron chi connectivity index (χ3n) is 3.51. The fourth-order valence-corrected chi connectivity index (χ4v) is 2.12. The molecule has 1 spiro atoms. The van der Waals surface area contributed by atoms with Crippen molar-refractivity contribution in [1.82, 2.24) is 0 Å². The van der Waals surface area contributed by atoms with Crippen molar-refractivity contribution in [2.75, 3.05) is 6.61 Å². The molecule has 1 aliphatic heterocycles. The van der Waals surface area contributed by atoms with Crippen LogP contribution >= 0.6 is 0 Å². The molecule has 0 aromatic rings. The molecule has 0 amide bonds. The summed E-state index contributed by atoms with van der Waals surface area (Å²) in [4.78, 5) is 11.7. The van der Waals surface area contributed by atoms with Crippen LogP contribution in [0.5, 0.6) is 0 Å². The van der Waals surface area contributed by atoms with Crippen molar-refractivity contribution in [1.29, 1.82) is 0 Å². The van der Waals surface area contributed by atoms with Crippen LogP contribution in [0.2, 0.25) is 0 Å². The molecule has 2 fully saturated rings. The summed E-state index contributed by atoms with van der Waals surface area (Å²) in [5.41, 5.74) is -0.741. The minimum absolute atomic E-state index is 0.129. The van der Waals surface area contributed by atoms with Crippen molar-refractivity contribution in [3.8, 4) is 0 Å². The summed E-state index contributed by atoms with van der Waals surface area (Å²) in [6.07, 6.45) is 5.21. The lowest BCUT2D eigenvalue weighted by molar-refractivity contribution is -0.149. The first kappa shape index (κ1) is 9.97. The molecule has 1 atom stereocenters. The highest BCUT2D eigenvalue weighted by Gasteiger charge is 2.74. The van der Waals surface area contributed by atoms with Crippen molar-refractivity contribution in [2.24, 2.45) is 0 Å². The Kier molecular flexibility index (Phi) is 2.30. The molecule has 0 N–H and O–H groups in total. The second kappa shape index (κ2) is 3.23. The minimum atomic E-state index is -0.612. The zero-order chi connectivity index (χ0) is 10.2. The molecule has 1 heterocycles. The number of hydrogen-bond donors (Lipinski definition) is 0. The zero-order valence-corrected chi connectivity index (χ0v) is 8.97. The molecule has 1 aliphatic carbocycles. The van der Waals surface area contributed by atoms with Crippen LogP contribution in [0.15, 0.2) is 0 Å². The number of unbranched alkanes of at least 4 members (excludes halogenated alkanes) is 1. The van der Waals surface area contributed by atoms with Gasteiger partial charge in [-0.25, -0.2) is 4.79 Å². The smallest absolute Gasteiger partial charge is 0.341 e. The summed E-state index contributed by atoms with van der Waals surface area (Å²) in [7, 11) is 0. The van der Waals surface area contributed by atoms with Gasteiger partial charge in [-0.3, -0.25) is 0 Å². The second-order valence-electron chi connectivity index (χ2n) is 4.47. The standard InChI is InChI=1S/C11H18O3/c1-3-4-8-13-9(12)10(2)11(14-10)6-5-7-11/h3-8H2,1-2H3. The van der Waals surface area contributed by atoms with E-state index in [0.717, 1.165) is 25.7 Å². The lowest BCUT2D eigenvalue weighted by Gasteiger charge is -2.24. The zero-order valence-electron chi connectivity index (χ0n) is 8.97. The maximum Gasteiger partial charge on any atom is 0.341 e. The van der Waals surface area contributed by atoms with Crippen LogP contribution in [-0.2, 0) is 14.3 Å². The van der Waals surface area contributed by atoms with E-state index in [1.165, 1.54) is 6.42 Å². The Labute approximate surface area is 84.8 Å². The molecule has 2 aliphatic rings. The minimum Gasteiger partial charge on any atom is -0.463 e. The van der Waals surface area contributed by atoms with Gasteiger partial charge in [-0.2, -0.15) is 0 Å². The molecule has 2 rings (SSSR count). The molecule has 80 valence electrons. The Hall–Kier alpha value is -0.570. The van der Waals surface area contributed by atoms with Gasteiger partial charge in [0.2, 0.25) is 0 Å². The van der Waals surface area contributed by atoms with Crippen molar-refractivity contribution in [2.45, 2.75) is 57.2 Å². The topological polar surface area (TPSA) is 38.8 Å². The van der Waals surface area contributed by atoms with Crippen molar-refractivity contribution < 1.29 is 14.3 Å². The van der Waals surface area contributed by atoms with E-state index in [9.17, 15) is 4.79 Å². The average Bonchev–Trinajstić information content (AvgIpc) is 2.74. The molecular formula is C11H18O3. The molecule has 1 saturated carbocycles. The number of esters is 1. The van der Waals surface area contributed by atoms with E-state index in [-0.39, 0.29) is 11.6 Å². The van der Waals surface area contributed by atoms with Gasteiger partial charge in [0, 0.05) is 0 Å². The number of carbonyl (C=O) groups excluding carboxylic acids is 1. The van der Waals surface area contributed by atoms with Crippen molar-refractivity contribution in [3.05, 3.63) is 0 Å². The number of ether oxygens (including phenoxy) is 2. The summed E-state index contributed by atoms with van der Waals surface area (Å²) >= 11 is 0. The first-order chi connectivity index (χ1) is 6.65. The third-order valence-corrected chi connectivity index (χ3v) is 3.51. The third kappa shape index (κ3) is 1.26. The van der Waals surface area contributed by atoms with Gasteiger partial charge in [0.05, 0.1) is 6.61 Å². The van der Waals surface area contributed by atoms with Gasteiger partial charge < -0.3 is 9.47 Å². The Balaban J connectivity index is 1.81. The summed E-state index contributed by atoms with van der Waals surface area (Å²) < 4.78 is 10.7. The highest BCUT2D eigenvalue weighted by molar-refractivity contribution is 5.84. The molecule has 0 aromatic carbocycles. The first-order valence-corrected chi connectivity index (χ1v) is 5.52. The molecule has 3 nitrogen and oxygen atoms in total. The number of epoxide rings is 1. The summed E-state index contributed by atoms with van der Waals surface area (Å²) in [6.45, 7) is 4.47. The molecule has 1 saturated heterocycles. The van der Waals surface area contributed by atoms with Crippen molar-refractivity contribution >= 4 is 5.97 Å². The predicted octanol–water partition coefficient (Wildman–Crippen LogP) is 2.04. The van der Waals surface area contributed by atoms with Crippen LogP contribution in [0.1, 0.15) is 46.0 Å². The van der Waals surface area contributed by atoms with Crippen LogP contribution in [-0.4, -0.2) is 23.8 Å². The fraction of sp³-hybridized carbons (Fsp3) is 0.909. The molecule has 0 bridgehead atoms. The Morgan fingerprint density at radius 2 is 2.21 bits per heavy atom. The molecular weight excluding hydrogens is 180 g/mol. The molecule has 0 aromatic heterocycles. The fourth-order valence-electron chi connectivity index (χ4n) is 2.12. The lowest BCUT2D eigenvalue weighted by atomic mass is 9.76. The maximum absolute atomic E-state index is 11.7. The molecule has 1 unspecified atom stereocenters. The van der Waals surface area contributed by atoms with E-state index in [1.807, 2.05) is 6.92 Å². The van der Waals surface area contributed by atoms with E-state index in [1.54, 1.807) is 0 Å². The summed E-state index contributed by atoms with van der Waals surface area (Å²) in [5.74, 6) is -0.161. The van der Waals surface area contributed by atoms with Crippen LogP contribution < -0.4 is 0 Å². The van der Waals surface area contributed by atoms with Gasteiger partial charge in [-0.05, 0) is 32.6 Å². The Bertz CT molecular complexity index is 245. The first-order valence-electron chi connectivity index (χ1n) is 5.52. The highest BCUT2D eigenvalue weighted by Crippen LogP contribution is 2.60. The van der Waals surface area contributed by atoms with Gasteiger partial charge >= 0.3 is 5.97 Å². The maximum atomic E-state index is 11.7. The Morgan fingerprint density at radius 1 is 1.50 bits per heavy atom. The number of carbonyl (C=O) groups is 1. The van der Waals surface area contributed by atoms with Gasteiger partial charge in [0.1, 0.15) is 5.60 Å². The SMILES string of the molecule is CCCCOC(=O)C1(C)OC12CCC2. The van der Waals surface area contributed by atoms with Gasteiger partial charge in [0.25, 0.3) is 0 Å². The van der Waals surface area contributed by atoms with Gasteiger partial charge in [0.15, 0.2) is 5.60 Å². The van der Waals surface area contributed by atoms with E-state index in [4.69, 9.17) is 9.47 Å². The van der Waals surface area contributed by atoms with E-state index < -0.39 is 5.60 Å². The largest absolute Gasteiger partial charge is 0.463 e. The van der Waals surface area contributed by atoms with Gasteiger partial charge in [-0.1, -0.05) is 13.3 Å². The van der Waals surface area contributed by atoms with E-state index in [2.05, 4.69) is 6.92 Å². The quantitative estimate of drug-likeness (QED) is 0.394. The van der Waals surface area contributed by atoms with Crippen LogP contribution in [0.4, 0.5) is 0 Å². The van der Waals surface area contributed by atoms with Gasteiger partial charge in [-0.15, -0.1) is 0 Å². The van der Waals surface area contributed by atoms with E-state index >= 15 is 0 Å². The lowest BCUT2D eigenvalue weighted by Crippen LogP contribution is -2.37. The van der Waals surface area contributed by atoms with Crippen LogP contribution in [0, 0.1) is 0 Å². The molecule has 3 heteroatoms. The molecule has 0 radical (unpaired) electrons. The van der Waals surface area contributed by atoms with Crippen LogP contribution in [0.3, 0.4) is 0 Å². The summed E-state index contributed by atoms with van der Waals surface area (Å²) in [5, 5.41) is 0. The Morgan fingerprint density at radius 3 is 2.64 bits per heavy atom. The molecule has 14 heavy (non-hydrogen) atoms. The highest BCUT2D eigenvalue weighted by atomic mass is 16.7. The number of hydrogen-bond acceptors (Lipinski definition) is 3. The normalized spacial score (nSPS) is 32.4. The predicted molar refractivity (Wildman–Crippen MR) is 51.9 cm³/mol. The second-order valence-corrected chi connectivity index (χ2v) is 4.47. The monoisotopic (exact) mass is 198 g/mol. The van der Waals surface area contributed by atoms with Crippen LogP contribution in [0.25, 0.3) is 0 Å². The van der Waals surface area contributed by atoms with E-state index in [0.29, 0.717) is 6.61 Å². The average molecular weight is 198 g/mol. The van der Waals surface area contributed by atoms with Crippen molar-refractivity contribution in [3.63, 3.8) is 0 Å². The number of rotatable bonds is 4.